The maximum absolute atomic E-state index is 13.0. The van der Waals surface area contributed by atoms with Gasteiger partial charge >= 0.3 is 0 Å². The Morgan fingerprint density at radius 3 is 2.77 bits per heavy atom. The van der Waals surface area contributed by atoms with Gasteiger partial charge in [0.15, 0.2) is 5.16 Å². The van der Waals surface area contributed by atoms with E-state index in [2.05, 4.69) is 15.1 Å². The Morgan fingerprint density at radius 2 is 2.10 bits per heavy atom. The zero-order valence-corrected chi connectivity index (χ0v) is 17.4. The van der Waals surface area contributed by atoms with Gasteiger partial charge < -0.3 is 14.9 Å². The lowest BCUT2D eigenvalue weighted by Crippen LogP contribution is -2.28. The first-order chi connectivity index (χ1) is 14.5. The van der Waals surface area contributed by atoms with Crippen LogP contribution in [0.5, 0.6) is 5.75 Å². The molecule has 2 aromatic heterocycles. The highest BCUT2D eigenvalue weighted by Crippen LogP contribution is 2.34. The van der Waals surface area contributed by atoms with Crippen molar-refractivity contribution in [3.63, 3.8) is 0 Å². The molecule has 0 unspecified atom stereocenters. The predicted molar refractivity (Wildman–Crippen MR) is 114 cm³/mol. The lowest BCUT2D eigenvalue weighted by molar-refractivity contribution is -0.130. The number of hydrogen-bond acceptors (Lipinski definition) is 8. The molecular weight excluding hydrogens is 402 g/mol. The van der Waals surface area contributed by atoms with E-state index >= 15 is 0 Å². The largest absolute Gasteiger partial charge is 0.497 e. The molecule has 3 aromatic rings. The summed E-state index contributed by atoms with van der Waals surface area (Å²) in [5, 5.41) is 6.58. The quantitative estimate of drug-likeness (QED) is 0.478. The average Bonchev–Trinajstić information content (AvgIpc) is 3.41. The van der Waals surface area contributed by atoms with Gasteiger partial charge in [0.25, 0.3) is 5.91 Å². The minimum absolute atomic E-state index is 0.138. The van der Waals surface area contributed by atoms with Crippen LogP contribution in [0.2, 0.25) is 0 Å². The Balaban J connectivity index is 1.55. The number of hydrogen-bond donors (Lipinski definition) is 1. The van der Waals surface area contributed by atoms with E-state index in [1.165, 1.54) is 16.8 Å². The molecule has 30 heavy (non-hydrogen) atoms. The van der Waals surface area contributed by atoms with Crippen LogP contribution in [-0.4, -0.2) is 39.5 Å². The van der Waals surface area contributed by atoms with E-state index in [9.17, 15) is 4.79 Å². The summed E-state index contributed by atoms with van der Waals surface area (Å²) in [7, 11) is 1.62. The van der Waals surface area contributed by atoms with Crippen LogP contribution in [-0.2, 0) is 4.79 Å². The first kappa shape index (κ1) is 20.0. The number of aryl methyl sites for hydroxylation is 1. The van der Waals surface area contributed by atoms with Gasteiger partial charge in [-0.05, 0) is 48.9 Å². The number of benzene rings is 1. The fourth-order valence-corrected chi connectivity index (χ4v) is 3.99. The van der Waals surface area contributed by atoms with E-state index in [-0.39, 0.29) is 17.7 Å². The summed E-state index contributed by atoms with van der Waals surface area (Å²) in [5.74, 6) is 1.82. The van der Waals surface area contributed by atoms with Gasteiger partial charge in [-0.3, -0.25) is 4.79 Å². The molecule has 1 aromatic carbocycles. The van der Waals surface area contributed by atoms with Crippen molar-refractivity contribution in [3.8, 4) is 5.75 Å². The summed E-state index contributed by atoms with van der Waals surface area (Å²) in [6, 6.07) is 12.7. The first-order valence-electron chi connectivity index (χ1n) is 9.35. The molecule has 0 saturated heterocycles. The van der Waals surface area contributed by atoms with Crippen molar-refractivity contribution < 1.29 is 13.9 Å². The second kappa shape index (κ2) is 8.58. The van der Waals surface area contributed by atoms with Gasteiger partial charge in [-0.15, -0.1) is 0 Å². The second-order valence-electron chi connectivity index (χ2n) is 6.75. The molecule has 0 bridgehead atoms. The smallest absolute Gasteiger partial charge is 0.253 e. The molecule has 0 aliphatic carbocycles. The van der Waals surface area contributed by atoms with Gasteiger partial charge in [0.1, 0.15) is 23.4 Å². The van der Waals surface area contributed by atoms with E-state index < -0.39 is 0 Å². The van der Waals surface area contributed by atoms with Crippen molar-refractivity contribution >= 4 is 29.2 Å². The Hall–Kier alpha value is -3.33. The third-order valence-corrected chi connectivity index (χ3v) is 5.47. The van der Waals surface area contributed by atoms with E-state index in [1.54, 1.807) is 19.4 Å². The number of thioether (sulfide) groups is 1. The summed E-state index contributed by atoms with van der Waals surface area (Å²) in [6.45, 7) is 1.84. The predicted octanol–water partition coefficient (Wildman–Crippen LogP) is 3.44. The molecule has 154 valence electrons. The average molecular weight is 423 g/mol. The molecule has 0 spiro atoms. The number of furan rings is 1. The standard InChI is InChI=1S/C21H21N5O3S/c1-13-10-19(22)24-21(23-13)30-12-20(27)26-17(18-4-3-9-29-18)11-16(25-26)14-5-7-15(28-2)8-6-14/h3-10,17H,11-12H2,1-2H3,(H2,22,23,24)/t17-/m1/s1. The lowest BCUT2D eigenvalue weighted by Gasteiger charge is -2.19. The molecule has 0 saturated carbocycles. The number of anilines is 1. The second-order valence-corrected chi connectivity index (χ2v) is 7.70. The van der Waals surface area contributed by atoms with E-state index in [4.69, 9.17) is 14.9 Å². The number of hydrazone groups is 1. The number of nitrogen functional groups attached to an aromatic ring is 1. The highest BCUT2D eigenvalue weighted by atomic mass is 32.2. The number of carbonyl (C=O) groups excluding carboxylic acids is 1. The Bertz CT molecular complexity index is 1050. The summed E-state index contributed by atoms with van der Waals surface area (Å²) in [5.41, 5.74) is 8.28. The molecular formula is C21H21N5O3S. The van der Waals surface area contributed by atoms with Crippen molar-refractivity contribution in [1.29, 1.82) is 0 Å². The van der Waals surface area contributed by atoms with Crippen LogP contribution >= 0.6 is 11.8 Å². The zero-order chi connectivity index (χ0) is 21.1. The monoisotopic (exact) mass is 423 g/mol. The number of aromatic nitrogens is 2. The van der Waals surface area contributed by atoms with Gasteiger partial charge in [0.2, 0.25) is 0 Å². The number of nitrogens with zero attached hydrogens (tertiary/aromatic N) is 4. The van der Waals surface area contributed by atoms with Crippen LogP contribution in [0.4, 0.5) is 5.82 Å². The topological polar surface area (TPSA) is 107 Å². The SMILES string of the molecule is COc1ccc(C2=NN(C(=O)CSc3nc(C)cc(N)n3)[C@@H](c3ccco3)C2)cc1. The van der Waals surface area contributed by atoms with Gasteiger partial charge in [-0.2, -0.15) is 5.10 Å². The van der Waals surface area contributed by atoms with Gasteiger partial charge in [0, 0.05) is 18.2 Å². The van der Waals surface area contributed by atoms with Gasteiger partial charge in [-0.1, -0.05) is 11.8 Å². The van der Waals surface area contributed by atoms with Crippen molar-refractivity contribution in [1.82, 2.24) is 15.0 Å². The summed E-state index contributed by atoms with van der Waals surface area (Å²) >= 11 is 1.24. The van der Waals surface area contributed by atoms with Gasteiger partial charge in [-0.25, -0.2) is 15.0 Å². The van der Waals surface area contributed by atoms with Crippen molar-refractivity contribution in [3.05, 3.63) is 65.7 Å². The fraction of sp³-hybridized carbons (Fsp3) is 0.238. The van der Waals surface area contributed by atoms with Crippen LogP contribution in [0.1, 0.15) is 29.5 Å². The van der Waals surface area contributed by atoms with E-state index in [0.717, 1.165) is 22.7 Å². The maximum Gasteiger partial charge on any atom is 0.253 e. The molecule has 1 aliphatic heterocycles. The normalized spacial score (nSPS) is 15.9. The molecule has 1 amide bonds. The highest BCUT2D eigenvalue weighted by Gasteiger charge is 2.34. The fourth-order valence-electron chi connectivity index (χ4n) is 3.22. The van der Waals surface area contributed by atoms with Crippen molar-refractivity contribution in [2.45, 2.75) is 24.5 Å². The molecule has 4 rings (SSSR count). The number of amides is 1. The summed E-state index contributed by atoms with van der Waals surface area (Å²) < 4.78 is 10.8. The number of rotatable bonds is 6. The van der Waals surface area contributed by atoms with Crippen molar-refractivity contribution in [2.75, 3.05) is 18.6 Å². The first-order valence-corrected chi connectivity index (χ1v) is 10.3. The minimum atomic E-state index is -0.298. The third kappa shape index (κ3) is 4.30. The number of ether oxygens (including phenoxy) is 1. The number of methoxy groups -OCH3 is 1. The Kier molecular flexibility index (Phi) is 5.71. The molecule has 8 nitrogen and oxygen atoms in total. The maximum atomic E-state index is 13.0. The molecule has 1 atom stereocenters. The molecule has 1 aliphatic rings. The van der Waals surface area contributed by atoms with Crippen molar-refractivity contribution in [2.24, 2.45) is 5.10 Å². The number of carbonyl (C=O) groups is 1. The lowest BCUT2D eigenvalue weighted by atomic mass is 10.0. The minimum Gasteiger partial charge on any atom is -0.497 e. The molecule has 9 heteroatoms. The molecule has 2 N–H and O–H groups in total. The summed E-state index contributed by atoms with van der Waals surface area (Å²) in [6.07, 6.45) is 2.16. The molecule has 0 radical (unpaired) electrons. The van der Waals surface area contributed by atoms with Gasteiger partial charge in [0.05, 0.1) is 24.8 Å². The zero-order valence-electron chi connectivity index (χ0n) is 16.6. The molecule has 3 heterocycles. The van der Waals surface area contributed by atoms with Crippen LogP contribution in [0.25, 0.3) is 0 Å². The molecule has 0 fully saturated rings. The highest BCUT2D eigenvalue weighted by molar-refractivity contribution is 7.99. The Morgan fingerprint density at radius 1 is 1.30 bits per heavy atom. The Labute approximate surface area is 178 Å². The van der Waals surface area contributed by atoms with Crippen LogP contribution in [0.15, 0.2) is 63.4 Å². The van der Waals surface area contributed by atoms with Crippen LogP contribution in [0.3, 0.4) is 0 Å². The van der Waals surface area contributed by atoms with Crippen LogP contribution in [0, 0.1) is 6.92 Å². The van der Waals surface area contributed by atoms with Crippen LogP contribution < -0.4 is 10.5 Å². The third-order valence-electron chi connectivity index (χ3n) is 4.64. The summed E-state index contributed by atoms with van der Waals surface area (Å²) in [4.78, 5) is 21.5. The van der Waals surface area contributed by atoms with E-state index in [0.29, 0.717) is 23.2 Å². The number of nitrogens with two attached hydrogens (primary N) is 1. The van der Waals surface area contributed by atoms with E-state index in [1.807, 2.05) is 43.3 Å².